The smallest absolute Gasteiger partial charge is 0.254 e. The number of benzene rings is 1. The average Bonchev–Trinajstić information content (AvgIpc) is 2.83. The van der Waals surface area contributed by atoms with E-state index in [0.717, 1.165) is 30.5 Å². The molecule has 35 heavy (non-hydrogen) atoms. The number of amides is 1. The van der Waals surface area contributed by atoms with Crippen molar-refractivity contribution in [3.05, 3.63) is 58.0 Å². The molecule has 1 aliphatic heterocycles. The Bertz CT molecular complexity index is 1240. The van der Waals surface area contributed by atoms with Crippen LogP contribution in [-0.2, 0) is 21.9 Å². The molecule has 1 aliphatic carbocycles. The monoisotopic (exact) mass is 501 g/mol. The van der Waals surface area contributed by atoms with Crippen molar-refractivity contribution >= 4 is 15.9 Å². The van der Waals surface area contributed by atoms with Crippen molar-refractivity contribution < 1.29 is 17.9 Å². The zero-order valence-electron chi connectivity index (χ0n) is 20.7. The summed E-state index contributed by atoms with van der Waals surface area (Å²) in [5.41, 5.74) is 0.440. The molecule has 190 valence electrons. The van der Waals surface area contributed by atoms with Crippen LogP contribution in [0.3, 0.4) is 0 Å². The van der Waals surface area contributed by atoms with Crippen LogP contribution in [0.15, 0.2) is 46.1 Å². The summed E-state index contributed by atoms with van der Waals surface area (Å²) < 4.78 is 37.0. The van der Waals surface area contributed by atoms with E-state index in [9.17, 15) is 18.0 Å². The van der Waals surface area contributed by atoms with E-state index < -0.39 is 15.6 Å². The molecule has 9 heteroatoms. The van der Waals surface area contributed by atoms with Crippen molar-refractivity contribution in [3.63, 3.8) is 0 Å². The highest BCUT2D eigenvalue weighted by molar-refractivity contribution is 7.89. The van der Waals surface area contributed by atoms with Crippen molar-refractivity contribution in [1.29, 1.82) is 0 Å². The van der Waals surface area contributed by atoms with Crippen molar-refractivity contribution in [1.82, 2.24) is 14.2 Å². The molecule has 1 saturated carbocycles. The van der Waals surface area contributed by atoms with E-state index in [1.165, 1.54) is 6.07 Å². The molecule has 0 spiro atoms. The first-order chi connectivity index (χ1) is 16.6. The minimum absolute atomic E-state index is 0.100. The molecule has 1 amide bonds. The predicted octanol–water partition coefficient (Wildman–Crippen LogP) is 3.05. The molecule has 8 nitrogen and oxygen atoms in total. The summed E-state index contributed by atoms with van der Waals surface area (Å²) in [4.78, 5) is 27.8. The number of nitrogens with zero attached hydrogens (tertiary/aromatic N) is 2. The summed E-state index contributed by atoms with van der Waals surface area (Å²) >= 11 is 0. The Morgan fingerprint density at radius 2 is 1.74 bits per heavy atom. The van der Waals surface area contributed by atoms with E-state index in [2.05, 4.69) is 4.72 Å². The molecule has 0 radical (unpaired) electrons. The minimum Gasteiger partial charge on any atom is -0.490 e. The molecule has 4 rings (SSSR count). The maximum Gasteiger partial charge on any atom is 0.254 e. The van der Waals surface area contributed by atoms with Gasteiger partial charge in [0.25, 0.3) is 5.56 Å². The summed E-state index contributed by atoms with van der Waals surface area (Å²) in [5.74, 6) is 0.404. The SMILES string of the molecule is Cc1cccc(S(=O)(=O)NC2(C(=O)N3CCC(Oc4cc(C)n(C)c(=O)c4)CC3)CCCCC2)c1. The van der Waals surface area contributed by atoms with Gasteiger partial charge in [-0.05, 0) is 50.5 Å². The van der Waals surface area contributed by atoms with Crippen LogP contribution in [0.1, 0.15) is 56.2 Å². The van der Waals surface area contributed by atoms with E-state index in [4.69, 9.17) is 4.74 Å². The standard InChI is InChI=1S/C26H35N3O5S/c1-19-8-7-9-23(16-19)35(32,33)27-26(12-5-4-6-13-26)25(31)29-14-10-21(11-15-29)34-22-17-20(2)28(3)24(30)18-22/h7-9,16-18,21,27H,4-6,10-15H2,1-3H3. The van der Waals surface area contributed by atoms with Gasteiger partial charge in [-0.1, -0.05) is 31.4 Å². The van der Waals surface area contributed by atoms with Gasteiger partial charge in [0.2, 0.25) is 15.9 Å². The van der Waals surface area contributed by atoms with Crippen LogP contribution in [0.5, 0.6) is 5.75 Å². The van der Waals surface area contributed by atoms with Gasteiger partial charge < -0.3 is 14.2 Å². The number of hydrogen-bond donors (Lipinski definition) is 1. The molecule has 0 bridgehead atoms. The highest BCUT2D eigenvalue weighted by Crippen LogP contribution is 2.33. The molecular formula is C26H35N3O5S. The molecule has 2 aromatic rings. The largest absolute Gasteiger partial charge is 0.490 e. The number of aromatic nitrogens is 1. The summed E-state index contributed by atoms with van der Waals surface area (Å²) in [5, 5.41) is 0. The number of piperidine rings is 1. The Morgan fingerprint density at radius 3 is 2.37 bits per heavy atom. The molecule has 1 N–H and O–H groups in total. The normalized spacial score (nSPS) is 18.9. The Hall–Kier alpha value is -2.65. The Morgan fingerprint density at radius 1 is 1.06 bits per heavy atom. The number of likely N-dealkylation sites (tertiary alicyclic amines) is 1. The molecular weight excluding hydrogens is 466 g/mol. The maximum atomic E-state index is 13.8. The fourth-order valence-corrected chi connectivity index (χ4v) is 6.61. The van der Waals surface area contributed by atoms with Crippen LogP contribution in [-0.4, -0.2) is 48.5 Å². The third-order valence-corrected chi connectivity index (χ3v) is 8.79. The highest BCUT2D eigenvalue weighted by atomic mass is 32.2. The maximum absolute atomic E-state index is 13.8. The van der Waals surface area contributed by atoms with Gasteiger partial charge >= 0.3 is 0 Å². The number of carbonyl (C=O) groups excluding carboxylic acids is 1. The zero-order valence-corrected chi connectivity index (χ0v) is 21.6. The minimum atomic E-state index is -3.84. The van der Waals surface area contributed by atoms with Crippen LogP contribution in [0.2, 0.25) is 0 Å². The number of ether oxygens (including phenoxy) is 1. The van der Waals surface area contributed by atoms with Gasteiger partial charge in [0.1, 0.15) is 17.4 Å². The first-order valence-corrected chi connectivity index (χ1v) is 13.8. The Balaban J connectivity index is 1.46. The molecule has 1 aromatic carbocycles. The number of pyridine rings is 1. The van der Waals surface area contributed by atoms with Gasteiger partial charge in [0.15, 0.2) is 0 Å². The summed E-state index contributed by atoms with van der Waals surface area (Å²) in [6, 6.07) is 10.1. The van der Waals surface area contributed by atoms with Crippen LogP contribution in [0.4, 0.5) is 0 Å². The third kappa shape index (κ3) is 5.62. The van der Waals surface area contributed by atoms with E-state index in [0.29, 0.717) is 44.5 Å². The number of hydrogen-bond acceptors (Lipinski definition) is 5. The van der Waals surface area contributed by atoms with E-state index >= 15 is 0 Å². The predicted molar refractivity (Wildman–Crippen MR) is 134 cm³/mol. The highest BCUT2D eigenvalue weighted by Gasteiger charge is 2.46. The zero-order chi connectivity index (χ0) is 25.2. The Kier molecular flexibility index (Phi) is 7.38. The molecule has 2 fully saturated rings. The van der Waals surface area contributed by atoms with Crippen LogP contribution < -0.4 is 15.0 Å². The second kappa shape index (κ2) is 10.1. The van der Waals surface area contributed by atoms with Gasteiger partial charge in [-0.3, -0.25) is 9.59 Å². The second-order valence-electron chi connectivity index (χ2n) is 9.90. The first kappa shape index (κ1) is 25.4. The van der Waals surface area contributed by atoms with Gasteiger partial charge in [0.05, 0.1) is 4.90 Å². The van der Waals surface area contributed by atoms with Gasteiger partial charge in [-0.15, -0.1) is 0 Å². The lowest BCUT2D eigenvalue weighted by Gasteiger charge is -2.42. The lowest BCUT2D eigenvalue weighted by molar-refractivity contribution is -0.140. The lowest BCUT2D eigenvalue weighted by Crippen LogP contribution is -2.61. The van der Waals surface area contributed by atoms with Crippen LogP contribution >= 0.6 is 0 Å². The number of carbonyl (C=O) groups is 1. The van der Waals surface area contributed by atoms with Gasteiger partial charge in [0, 0.05) is 44.7 Å². The van der Waals surface area contributed by atoms with Gasteiger partial charge in [-0.25, -0.2) is 8.42 Å². The molecule has 0 atom stereocenters. The molecule has 1 aromatic heterocycles. The fraction of sp³-hybridized carbons (Fsp3) is 0.538. The average molecular weight is 502 g/mol. The van der Waals surface area contributed by atoms with Crippen molar-refractivity contribution in [2.24, 2.45) is 7.05 Å². The summed E-state index contributed by atoms with van der Waals surface area (Å²) in [6.45, 7) is 4.68. The molecule has 0 unspecified atom stereocenters. The quantitative estimate of drug-likeness (QED) is 0.656. The second-order valence-corrected chi connectivity index (χ2v) is 11.6. The lowest BCUT2D eigenvalue weighted by atomic mass is 9.81. The van der Waals surface area contributed by atoms with E-state index in [1.807, 2.05) is 26.0 Å². The summed E-state index contributed by atoms with van der Waals surface area (Å²) in [6.07, 6.45) is 4.76. The van der Waals surface area contributed by atoms with Crippen molar-refractivity contribution in [2.45, 2.75) is 75.3 Å². The van der Waals surface area contributed by atoms with Gasteiger partial charge in [-0.2, -0.15) is 4.72 Å². The number of rotatable bonds is 6. The number of aryl methyl sites for hydroxylation is 2. The summed E-state index contributed by atoms with van der Waals surface area (Å²) in [7, 11) is -2.12. The number of nitrogens with one attached hydrogen (secondary N) is 1. The van der Waals surface area contributed by atoms with E-state index in [1.54, 1.807) is 34.7 Å². The third-order valence-electron chi connectivity index (χ3n) is 7.25. The number of sulfonamides is 1. The van der Waals surface area contributed by atoms with Crippen molar-refractivity contribution in [3.8, 4) is 5.75 Å². The molecule has 2 aliphatic rings. The van der Waals surface area contributed by atoms with Crippen LogP contribution in [0, 0.1) is 13.8 Å². The fourth-order valence-electron chi connectivity index (χ4n) is 5.09. The molecule has 1 saturated heterocycles. The Labute approximate surface area is 207 Å². The van der Waals surface area contributed by atoms with Crippen molar-refractivity contribution in [2.75, 3.05) is 13.1 Å². The van der Waals surface area contributed by atoms with Crippen LogP contribution in [0.25, 0.3) is 0 Å². The van der Waals surface area contributed by atoms with E-state index in [-0.39, 0.29) is 22.5 Å². The molecule has 2 heterocycles. The topological polar surface area (TPSA) is 97.7 Å². The first-order valence-electron chi connectivity index (χ1n) is 12.3.